The summed E-state index contributed by atoms with van der Waals surface area (Å²) in [6, 6.07) is 10.4. The third kappa shape index (κ3) is 7.32. The predicted octanol–water partition coefficient (Wildman–Crippen LogP) is 2.49. The van der Waals surface area contributed by atoms with Crippen LogP contribution in [0.1, 0.15) is 12.0 Å². The highest BCUT2D eigenvalue weighted by molar-refractivity contribution is 7.98. The van der Waals surface area contributed by atoms with Gasteiger partial charge in [-0.2, -0.15) is 16.5 Å². The highest BCUT2D eigenvalue weighted by Gasteiger charge is 2.27. The first-order chi connectivity index (χ1) is 15.1. The molecule has 0 saturated heterocycles. The molecule has 0 saturated carbocycles. The van der Waals surface area contributed by atoms with Gasteiger partial charge in [0.1, 0.15) is 11.7 Å². The van der Waals surface area contributed by atoms with Gasteiger partial charge in [0.05, 0.1) is 9.82 Å². The number of para-hydroxylation sites is 2. The number of ether oxygens (including phenoxy) is 1. The number of carbonyl (C=O) groups excluding carboxylic acids is 2. The Labute approximate surface area is 189 Å². The Morgan fingerprint density at radius 3 is 2.44 bits per heavy atom. The zero-order chi connectivity index (χ0) is 23.7. The SMILES string of the molecule is CSCC[C@H](NS(=O)(=O)c1ccc(C)cc1)C(=O)OCC(=O)Nc1ccccc1[N+](=O)[O-]. The number of rotatable bonds is 11. The molecule has 2 rings (SSSR count). The highest BCUT2D eigenvalue weighted by Crippen LogP contribution is 2.23. The average molecular weight is 482 g/mol. The van der Waals surface area contributed by atoms with Crippen LogP contribution in [0.15, 0.2) is 53.4 Å². The second kappa shape index (κ2) is 11.6. The Morgan fingerprint density at radius 2 is 1.81 bits per heavy atom. The van der Waals surface area contributed by atoms with E-state index in [0.29, 0.717) is 5.75 Å². The zero-order valence-electron chi connectivity index (χ0n) is 17.4. The number of nitrogens with zero attached hydrogens (tertiary/aromatic N) is 1. The van der Waals surface area contributed by atoms with Gasteiger partial charge in [-0.1, -0.05) is 29.8 Å². The molecule has 10 nitrogen and oxygen atoms in total. The van der Waals surface area contributed by atoms with Gasteiger partial charge in [0.25, 0.3) is 11.6 Å². The molecular formula is C20H23N3O7S2. The lowest BCUT2D eigenvalue weighted by molar-refractivity contribution is -0.383. The van der Waals surface area contributed by atoms with Crippen LogP contribution in [0.3, 0.4) is 0 Å². The molecule has 12 heteroatoms. The smallest absolute Gasteiger partial charge is 0.324 e. The van der Waals surface area contributed by atoms with Gasteiger partial charge in [0.2, 0.25) is 10.0 Å². The third-order valence-electron chi connectivity index (χ3n) is 4.24. The first kappa shape index (κ1) is 25.3. The van der Waals surface area contributed by atoms with Crippen molar-refractivity contribution in [2.45, 2.75) is 24.3 Å². The summed E-state index contributed by atoms with van der Waals surface area (Å²) >= 11 is 1.42. The summed E-state index contributed by atoms with van der Waals surface area (Å²) < 4.78 is 32.6. The number of nitro groups is 1. The maximum absolute atomic E-state index is 12.6. The van der Waals surface area contributed by atoms with Crippen molar-refractivity contribution in [1.29, 1.82) is 0 Å². The van der Waals surface area contributed by atoms with Crippen LogP contribution in [0.2, 0.25) is 0 Å². The molecule has 1 amide bonds. The monoisotopic (exact) mass is 481 g/mol. The van der Waals surface area contributed by atoms with Crippen molar-refractivity contribution in [3.05, 3.63) is 64.2 Å². The Balaban J connectivity index is 2.04. The number of anilines is 1. The number of benzene rings is 2. The second-order valence-electron chi connectivity index (χ2n) is 6.70. The second-order valence-corrected chi connectivity index (χ2v) is 9.40. The molecule has 0 unspecified atom stereocenters. The van der Waals surface area contributed by atoms with E-state index in [1.54, 1.807) is 18.4 Å². The Hall–Kier alpha value is -2.96. The highest BCUT2D eigenvalue weighted by atomic mass is 32.2. The molecule has 172 valence electrons. The number of sulfonamides is 1. The van der Waals surface area contributed by atoms with Crippen molar-refractivity contribution in [2.24, 2.45) is 0 Å². The molecule has 2 N–H and O–H groups in total. The van der Waals surface area contributed by atoms with E-state index in [-0.39, 0.29) is 22.7 Å². The topological polar surface area (TPSA) is 145 Å². The van der Waals surface area contributed by atoms with Crippen molar-refractivity contribution in [2.75, 3.05) is 23.9 Å². The fourth-order valence-electron chi connectivity index (χ4n) is 2.60. The molecule has 0 fully saturated rings. The van der Waals surface area contributed by atoms with Gasteiger partial charge in [0.15, 0.2) is 6.61 Å². The fourth-order valence-corrected chi connectivity index (χ4v) is 4.29. The van der Waals surface area contributed by atoms with Gasteiger partial charge in [0, 0.05) is 6.07 Å². The van der Waals surface area contributed by atoms with E-state index in [4.69, 9.17) is 4.74 Å². The molecule has 1 atom stereocenters. The summed E-state index contributed by atoms with van der Waals surface area (Å²) in [5.41, 5.74) is 0.528. The molecule has 2 aromatic rings. The van der Waals surface area contributed by atoms with Gasteiger partial charge < -0.3 is 10.1 Å². The van der Waals surface area contributed by atoms with E-state index in [9.17, 15) is 28.1 Å². The minimum atomic E-state index is -3.99. The molecule has 0 spiro atoms. The van der Waals surface area contributed by atoms with Crippen LogP contribution >= 0.6 is 11.8 Å². The van der Waals surface area contributed by atoms with E-state index < -0.39 is 39.5 Å². The van der Waals surface area contributed by atoms with E-state index in [2.05, 4.69) is 10.0 Å². The lowest BCUT2D eigenvalue weighted by atomic mass is 10.2. The number of esters is 1. The lowest BCUT2D eigenvalue weighted by Crippen LogP contribution is -2.43. The molecule has 0 heterocycles. The third-order valence-corrected chi connectivity index (χ3v) is 6.38. The molecule has 0 radical (unpaired) electrons. The van der Waals surface area contributed by atoms with E-state index in [1.165, 1.54) is 48.2 Å². The summed E-state index contributed by atoms with van der Waals surface area (Å²) in [7, 11) is -3.99. The van der Waals surface area contributed by atoms with Crippen molar-refractivity contribution >= 4 is 45.0 Å². The van der Waals surface area contributed by atoms with Crippen LogP contribution < -0.4 is 10.0 Å². The number of nitro benzene ring substituents is 1. The molecule has 0 aliphatic heterocycles. The van der Waals surface area contributed by atoms with Crippen molar-refractivity contribution < 1.29 is 27.7 Å². The van der Waals surface area contributed by atoms with Crippen LogP contribution in [0, 0.1) is 17.0 Å². The van der Waals surface area contributed by atoms with E-state index in [1.807, 2.05) is 6.92 Å². The standard InChI is InChI=1S/C20H23N3O7S2/c1-14-7-9-15(10-8-14)32(28,29)22-17(11-12-31-2)20(25)30-13-19(24)21-16-5-3-4-6-18(16)23(26)27/h3-10,17,22H,11-13H2,1-2H3,(H,21,24)/t17-/m0/s1. The van der Waals surface area contributed by atoms with Crippen LogP contribution in [0.4, 0.5) is 11.4 Å². The Morgan fingerprint density at radius 1 is 1.16 bits per heavy atom. The van der Waals surface area contributed by atoms with E-state index in [0.717, 1.165) is 5.56 Å². The zero-order valence-corrected chi connectivity index (χ0v) is 19.1. The van der Waals surface area contributed by atoms with Gasteiger partial charge >= 0.3 is 5.97 Å². The molecule has 32 heavy (non-hydrogen) atoms. The molecule has 0 bridgehead atoms. The first-order valence-corrected chi connectivity index (χ1v) is 12.3. The van der Waals surface area contributed by atoms with Crippen molar-refractivity contribution in [3.63, 3.8) is 0 Å². The quantitative estimate of drug-likeness (QED) is 0.283. The summed E-state index contributed by atoms with van der Waals surface area (Å²) in [6.45, 7) is 1.09. The maximum Gasteiger partial charge on any atom is 0.324 e. The van der Waals surface area contributed by atoms with Gasteiger partial charge in [-0.15, -0.1) is 0 Å². The molecule has 0 aromatic heterocycles. The summed E-state index contributed by atoms with van der Waals surface area (Å²) in [5, 5.41) is 13.3. The number of amides is 1. The van der Waals surface area contributed by atoms with Crippen molar-refractivity contribution in [1.82, 2.24) is 4.72 Å². The van der Waals surface area contributed by atoms with Gasteiger partial charge in [-0.05, 0) is 43.6 Å². The summed E-state index contributed by atoms with van der Waals surface area (Å²) in [6.07, 6.45) is 1.95. The first-order valence-electron chi connectivity index (χ1n) is 9.42. The van der Waals surface area contributed by atoms with Crippen LogP contribution in [0.5, 0.6) is 0 Å². The number of hydrogen-bond acceptors (Lipinski definition) is 8. The predicted molar refractivity (Wildman–Crippen MR) is 121 cm³/mol. The molecule has 2 aromatic carbocycles. The largest absolute Gasteiger partial charge is 0.454 e. The van der Waals surface area contributed by atoms with Gasteiger partial charge in [-0.25, -0.2) is 8.42 Å². The number of carbonyl (C=O) groups is 2. The lowest BCUT2D eigenvalue weighted by Gasteiger charge is -2.17. The number of hydrogen-bond donors (Lipinski definition) is 2. The minimum absolute atomic E-state index is 0.000758. The Kier molecular flexibility index (Phi) is 9.17. The minimum Gasteiger partial charge on any atom is -0.454 e. The number of nitrogens with one attached hydrogen (secondary N) is 2. The molecular weight excluding hydrogens is 458 g/mol. The molecule has 0 aliphatic rings. The van der Waals surface area contributed by atoms with Gasteiger partial charge in [-0.3, -0.25) is 19.7 Å². The van der Waals surface area contributed by atoms with Crippen LogP contribution in [0.25, 0.3) is 0 Å². The Bertz CT molecular complexity index is 1070. The number of aryl methyl sites for hydroxylation is 1. The maximum atomic E-state index is 12.6. The fraction of sp³-hybridized carbons (Fsp3) is 0.300. The normalized spacial score (nSPS) is 12.1. The summed E-state index contributed by atoms with van der Waals surface area (Å²) in [5.74, 6) is -1.25. The number of thioether (sulfide) groups is 1. The van der Waals surface area contributed by atoms with Crippen molar-refractivity contribution in [3.8, 4) is 0 Å². The average Bonchev–Trinajstić information content (AvgIpc) is 2.75. The van der Waals surface area contributed by atoms with E-state index >= 15 is 0 Å². The van der Waals surface area contributed by atoms with Crippen LogP contribution in [-0.2, 0) is 24.3 Å². The summed E-state index contributed by atoms with van der Waals surface area (Å²) in [4.78, 5) is 35.0. The van der Waals surface area contributed by atoms with Crippen LogP contribution in [-0.4, -0.2) is 49.9 Å². The molecule has 0 aliphatic carbocycles.